The molecule has 0 bridgehead atoms. The van der Waals surface area contributed by atoms with Gasteiger partial charge in [-0.25, -0.2) is 4.98 Å². The van der Waals surface area contributed by atoms with Crippen LogP contribution in [0.5, 0.6) is 0 Å². The second-order valence-electron chi connectivity index (χ2n) is 6.67. The third-order valence-corrected chi connectivity index (χ3v) is 4.62. The van der Waals surface area contributed by atoms with Gasteiger partial charge >= 0.3 is 0 Å². The average molecular weight is 371 g/mol. The van der Waals surface area contributed by atoms with Gasteiger partial charge in [0.1, 0.15) is 11.5 Å². The summed E-state index contributed by atoms with van der Waals surface area (Å²) >= 11 is 0. The van der Waals surface area contributed by atoms with Crippen molar-refractivity contribution in [3.05, 3.63) is 90.1 Å². The normalized spacial score (nSPS) is 12.0. The minimum Gasteiger partial charge on any atom is -0.346 e. The van der Waals surface area contributed by atoms with E-state index in [1.807, 2.05) is 48.5 Å². The van der Waals surface area contributed by atoms with Crippen LogP contribution >= 0.6 is 0 Å². The van der Waals surface area contributed by atoms with E-state index in [1.165, 1.54) is 5.56 Å². The Morgan fingerprint density at radius 1 is 1.11 bits per heavy atom. The summed E-state index contributed by atoms with van der Waals surface area (Å²) < 4.78 is 0. The molecule has 2 heterocycles. The summed E-state index contributed by atoms with van der Waals surface area (Å²) in [6.07, 6.45) is 4.82. The van der Waals surface area contributed by atoms with Crippen molar-refractivity contribution in [3.8, 4) is 0 Å². The van der Waals surface area contributed by atoms with Gasteiger partial charge in [0.15, 0.2) is 0 Å². The smallest absolute Gasteiger partial charge is 0.275 e. The van der Waals surface area contributed by atoms with Crippen LogP contribution in [0.1, 0.15) is 34.3 Å². The molecule has 0 aliphatic rings. The lowest BCUT2D eigenvalue weighted by Crippen LogP contribution is -2.15. The van der Waals surface area contributed by atoms with Gasteiger partial charge in [-0.3, -0.25) is 9.78 Å². The summed E-state index contributed by atoms with van der Waals surface area (Å²) in [5.41, 5.74) is 9.28. The van der Waals surface area contributed by atoms with E-state index in [2.05, 4.69) is 32.4 Å². The first-order valence-electron chi connectivity index (χ1n) is 9.20. The molecule has 2 aromatic carbocycles. The molecule has 0 spiro atoms. The number of rotatable bonds is 6. The average Bonchev–Trinajstić information content (AvgIpc) is 3.23. The van der Waals surface area contributed by atoms with E-state index in [0.29, 0.717) is 17.2 Å². The third kappa shape index (κ3) is 4.07. The molecule has 0 saturated heterocycles. The molecule has 0 unspecified atom stereocenters. The maximum Gasteiger partial charge on any atom is 0.275 e. The van der Waals surface area contributed by atoms with Crippen molar-refractivity contribution in [3.63, 3.8) is 0 Å². The van der Waals surface area contributed by atoms with Crippen LogP contribution in [-0.2, 0) is 6.42 Å². The van der Waals surface area contributed by atoms with Gasteiger partial charge in [-0.05, 0) is 30.5 Å². The van der Waals surface area contributed by atoms with E-state index in [1.54, 1.807) is 12.4 Å². The molecule has 1 atom stereocenters. The fraction of sp³-hybridized carbons (Fsp3) is 0.136. The Balaban J connectivity index is 1.40. The molecule has 2 aromatic heterocycles. The monoisotopic (exact) mass is 371 g/mol. The lowest BCUT2D eigenvalue weighted by Gasteiger charge is -2.08. The Hall–Kier alpha value is -3.51. The number of amides is 1. The van der Waals surface area contributed by atoms with Gasteiger partial charge in [0.25, 0.3) is 5.91 Å². The summed E-state index contributed by atoms with van der Waals surface area (Å²) in [5.74, 6) is 0.313. The van der Waals surface area contributed by atoms with Crippen molar-refractivity contribution in [2.75, 3.05) is 5.32 Å². The number of para-hydroxylation sites is 1. The minimum atomic E-state index is -0.296. The van der Waals surface area contributed by atoms with Gasteiger partial charge in [-0.15, -0.1) is 0 Å². The fourth-order valence-corrected chi connectivity index (χ4v) is 3.08. The maximum atomic E-state index is 12.5. The summed E-state index contributed by atoms with van der Waals surface area (Å²) in [5, 5.41) is 3.80. The number of nitrogens with two attached hydrogens (primary N) is 1. The number of carbonyl (C=O) groups excluding carboxylic acids is 1. The van der Waals surface area contributed by atoms with Crippen LogP contribution in [0.15, 0.2) is 73.1 Å². The summed E-state index contributed by atoms with van der Waals surface area (Å²) in [7, 11) is 0. The van der Waals surface area contributed by atoms with Gasteiger partial charge in [0, 0.05) is 11.6 Å². The molecule has 140 valence electrons. The Bertz CT molecular complexity index is 1090. The van der Waals surface area contributed by atoms with Crippen molar-refractivity contribution in [1.82, 2.24) is 15.0 Å². The largest absolute Gasteiger partial charge is 0.346 e. The first-order valence-corrected chi connectivity index (χ1v) is 9.20. The molecule has 0 saturated carbocycles. The third-order valence-electron chi connectivity index (χ3n) is 4.62. The topological polar surface area (TPSA) is 96.7 Å². The van der Waals surface area contributed by atoms with Crippen LogP contribution in [0.25, 0.3) is 10.9 Å². The van der Waals surface area contributed by atoms with E-state index in [-0.39, 0.29) is 11.9 Å². The molecule has 6 nitrogen and oxygen atoms in total. The lowest BCUT2D eigenvalue weighted by atomic mass is 10.1. The molecule has 28 heavy (non-hydrogen) atoms. The highest BCUT2D eigenvalue weighted by Gasteiger charge is 2.15. The van der Waals surface area contributed by atoms with Crippen LogP contribution in [0, 0.1) is 0 Å². The Kier molecular flexibility index (Phi) is 5.12. The number of aryl methyl sites for hydroxylation is 1. The predicted octanol–water partition coefficient (Wildman–Crippen LogP) is 3.84. The van der Waals surface area contributed by atoms with E-state index in [9.17, 15) is 4.79 Å². The van der Waals surface area contributed by atoms with Gasteiger partial charge in [-0.2, -0.15) is 0 Å². The number of benzene rings is 2. The number of hydrogen-bond donors (Lipinski definition) is 3. The molecular formula is C22H21N5O. The van der Waals surface area contributed by atoms with Crippen LogP contribution in [0.3, 0.4) is 0 Å². The first-order chi connectivity index (χ1) is 13.7. The highest BCUT2D eigenvalue weighted by Crippen LogP contribution is 2.18. The molecular weight excluding hydrogens is 350 g/mol. The van der Waals surface area contributed by atoms with E-state index >= 15 is 0 Å². The van der Waals surface area contributed by atoms with Gasteiger partial charge in [-0.1, -0.05) is 48.5 Å². The Morgan fingerprint density at radius 2 is 1.89 bits per heavy atom. The number of pyridine rings is 1. The molecule has 1 amide bonds. The second kappa shape index (κ2) is 8.02. The predicted molar refractivity (Wildman–Crippen MR) is 110 cm³/mol. The molecule has 4 aromatic rings. The zero-order chi connectivity index (χ0) is 19.3. The van der Waals surface area contributed by atoms with Crippen molar-refractivity contribution in [2.45, 2.75) is 18.9 Å². The minimum absolute atomic E-state index is 0.260. The molecule has 0 radical (unpaired) electrons. The Labute approximate surface area is 162 Å². The van der Waals surface area contributed by atoms with Gasteiger partial charge in [0.05, 0.1) is 23.4 Å². The number of aromatic nitrogens is 3. The van der Waals surface area contributed by atoms with Crippen molar-refractivity contribution in [2.24, 2.45) is 5.73 Å². The summed E-state index contributed by atoms with van der Waals surface area (Å²) in [6, 6.07) is 19.5. The van der Waals surface area contributed by atoms with Gasteiger partial charge < -0.3 is 16.0 Å². The number of nitrogens with zero attached hydrogens (tertiary/aromatic N) is 2. The highest BCUT2D eigenvalue weighted by atomic mass is 16.1. The number of H-pyrrole nitrogens is 1. The SMILES string of the molecule is N[C@H](CCc1ccccc1)c1nc(C(=O)Nc2cnc3ccccc3c2)c[nH]1. The zero-order valence-electron chi connectivity index (χ0n) is 15.3. The number of aromatic amines is 1. The quantitative estimate of drug-likeness (QED) is 0.480. The van der Waals surface area contributed by atoms with Crippen LogP contribution in [-0.4, -0.2) is 20.9 Å². The molecule has 6 heteroatoms. The van der Waals surface area contributed by atoms with Gasteiger partial charge in [0.2, 0.25) is 0 Å². The van der Waals surface area contributed by atoms with E-state index in [4.69, 9.17) is 5.73 Å². The van der Waals surface area contributed by atoms with Crippen molar-refractivity contribution >= 4 is 22.5 Å². The Morgan fingerprint density at radius 3 is 2.75 bits per heavy atom. The number of fused-ring (bicyclic) bond motifs is 1. The summed E-state index contributed by atoms with van der Waals surface area (Å²) in [6.45, 7) is 0. The fourth-order valence-electron chi connectivity index (χ4n) is 3.08. The molecule has 0 fully saturated rings. The molecule has 0 aliphatic heterocycles. The molecule has 4 N–H and O–H groups in total. The number of anilines is 1. The maximum absolute atomic E-state index is 12.5. The van der Waals surface area contributed by atoms with Crippen LogP contribution in [0.2, 0.25) is 0 Å². The molecule has 4 rings (SSSR count). The second-order valence-corrected chi connectivity index (χ2v) is 6.67. The molecule has 0 aliphatic carbocycles. The number of hydrogen-bond acceptors (Lipinski definition) is 4. The van der Waals surface area contributed by atoms with Crippen molar-refractivity contribution in [1.29, 1.82) is 0 Å². The van der Waals surface area contributed by atoms with Crippen molar-refractivity contribution < 1.29 is 4.79 Å². The lowest BCUT2D eigenvalue weighted by molar-refractivity contribution is 0.102. The van der Waals surface area contributed by atoms with Crippen LogP contribution in [0.4, 0.5) is 5.69 Å². The number of imidazole rings is 1. The standard InChI is InChI=1S/C22H21N5O/c23-18(11-10-15-6-2-1-3-7-15)21-25-14-20(27-21)22(28)26-17-12-16-8-4-5-9-19(16)24-13-17/h1-9,12-14,18H,10-11,23H2,(H,25,27)(H,26,28)/t18-/m1/s1. The first kappa shape index (κ1) is 17.9. The number of carbonyl (C=O) groups is 1. The van der Waals surface area contributed by atoms with E-state index < -0.39 is 0 Å². The number of nitrogens with one attached hydrogen (secondary N) is 2. The van der Waals surface area contributed by atoms with E-state index in [0.717, 1.165) is 23.7 Å². The highest BCUT2D eigenvalue weighted by molar-refractivity contribution is 6.03. The van der Waals surface area contributed by atoms with Crippen LogP contribution < -0.4 is 11.1 Å². The summed E-state index contributed by atoms with van der Waals surface area (Å²) in [4.78, 5) is 24.2. The zero-order valence-corrected chi connectivity index (χ0v) is 15.3.